The van der Waals surface area contributed by atoms with Gasteiger partial charge in [0.05, 0.1) is 12.1 Å². The minimum Gasteiger partial charge on any atom is -0.481 e. The summed E-state index contributed by atoms with van der Waals surface area (Å²) in [7, 11) is 1.56. The van der Waals surface area contributed by atoms with Gasteiger partial charge in [0.25, 0.3) is 0 Å². The van der Waals surface area contributed by atoms with Crippen LogP contribution in [0.1, 0.15) is 29.9 Å². The highest BCUT2D eigenvalue weighted by molar-refractivity contribution is 5.79. The monoisotopic (exact) mass is 239 g/mol. The number of nitrogens with zero attached hydrogens (tertiary/aromatic N) is 2. The molecule has 0 bridgehead atoms. The molecule has 1 aromatic rings. The summed E-state index contributed by atoms with van der Waals surface area (Å²) in [5.41, 5.74) is 2.05. The van der Waals surface area contributed by atoms with E-state index >= 15 is 0 Å². The van der Waals surface area contributed by atoms with E-state index < -0.39 is 12.0 Å². The second-order valence-electron chi connectivity index (χ2n) is 3.95. The van der Waals surface area contributed by atoms with Crippen molar-refractivity contribution in [2.75, 3.05) is 7.05 Å². The molecule has 1 amide bonds. The van der Waals surface area contributed by atoms with Crippen LogP contribution in [0.25, 0.3) is 0 Å². The number of aliphatic carboxylic acids is 1. The van der Waals surface area contributed by atoms with Crippen LogP contribution >= 0.6 is 0 Å². The summed E-state index contributed by atoms with van der Waals surface area (Å²) >= 11 is 0. The van der Waals surface area contributed by atoms with Crippen LogP contribution in [0.15, 0.2) is 0 Å². The van der Waals surface area contributed by atoms with Gasteiger partial charge in [-0.05, 0) is 20.8 Å². The molecule has 0 radical (unpaired) electrons. The number of carboxylic acids is 1. The number of hydrogen-bond donors (Lipinski definition) is 2. The molecule has 1 heterocycles. The number of carbonyl (C=O) groups excluding carboxylic acids is 1. The maximum absolute atomic E-state index is 11.5. The maximum Gasteiger partial charge on any atom is 0.307 e. The van der Waals surface area contributed by atoms with Crippen LogP contribution in [0.3, 0.4) is 0 Å². The van der Waals surface area contributed by atoms with E-state index in [4.69, 9.17) is 5.11 Å². The number of carbonyl (C=O) groups is 2. The zero-order valence-corrected chi connectivity index (χ0v) is 10.4. The molecule has 2 N–H and O–H groups in total. The molecule has 17 heavy (non-hydrogen) atoms. The fraction of sp³-hybridized carbons (Fsp3) is 0.545. The Balaban J connectivity index is 3.11. The van der Waals surface area contributed by atoms with E-state index in [-0.39, 0.29) is 12.3 Å². The summed E-state index contributed by atoms with van der Waals surface area (Å²) in [6, 6.07) is -0.443. The lowest BCUT2D eigenvalue weighted by Gasteiger charge is -2.12. The van der Waals surface area contributed by atoms with E-state index in [9.17, 15) is 9.59 Å². The molecule has 0 spiro atoms. The molecule has 0 aliphatic heterocycles. The van der Waals surface area contributed by atoms with Crippen LogP contribution in [0, 0.1) is 13.8 Å². The van der Waals surface area contributed by atoms with Crippen molar-refractivity contribution in [3.8, 4) is 0 Å². The molecule has 6 heteroatoms. The zero-order valence-electron chi connectivity index (χ0n) is 10.4. The Kier molecular flexibility index (Phi) is 3.88. The van der Waals surface area contributed by atoms with Gasteiger partial charge >= 0.3 is 5.97 Å². The average molecular weight is 239 g/mol. The number of likely N-dealkylation sites (N-methyl/N-ethyl adjacent to an activating group) is 1. The van der Waals surface area contributed by atoms with Crippen molar-refractivity contribution in [1.82, 2.24) is 15.1 Å². The van der Waals surface area contributed by atoms with Crippen LogP contribution in [-0.4, -0.2) is 33.8 Å². The van der Waals surface area contributed by atoms with Gasteiger partial charge in [0.1, 0.15) is 6.04 Å². The number of aromatic nitrogens is 2. The molecule has 6 nitrogen and oxygen atoms in total. The van der Waals surface area contributed by atoms with E-state index in [0.717, 1.165) is 5.69 Å². The molecule has 0 aliphatic carbocycles. The first kappa shape index (κ1) is 13.2. The first-order valence-electron chi connectivity index (χ1n) is 5.36. The fourth-order valence-electron chi connectivity index (χ4n) is 1.80. The SMILES string of the molecule is CNC(=O)C(C)n1nc(C)c(CC(=O)O)c1C. The molecule has 1 rings (SSSR count). The predicted molar refractivity (Wildman–Crippen MR) is 61.8 cm³/mol. The van der Waals surface area contributed by atoms with Crippen molar-refractivity contribution in [3.63, 3.8) is 0 Å². The van der Waals surface area contributed by atoms with Crippen LogP contribution < -0.4 is 5.32 Å². The number of rotatable bonds is 4. The molecule has 0 aliphatic rings. The molecule has 94 valence electrons. The van der Waals surface area contributed by atoms with Gasteiger partial charge in [0.2, 0.25) is 5.91 Å². The van der Waals surface area contributed by atoms with E-state index in [2.05, 4.69) is 10.4 Å². The average Bonchev–Trinajstić information content (AvgIpc) is 2.54. The second-order valence-corrected chi connectivity index (χ2v) is 3.95. The minimum atomic E-state index is -0.900. The van der Waals surface area contributed by atoms with Crippen LogP contribution in [-0.2, 0) is 16.0 Å². The Bertz CT molecular complexity index is 451. The summed E-state index contributed by atoms with van der Waals surface area (Å²) in [6.45, 7) is 5.25. The number of nitrogens with one attached hydrogen (secondary N) is 1. The van der Waals surface area contributed by atoms with Gasteiger partial charge in [-0.2, -0.15) is 5.10 Å². The third-order valence-corrected chi connectivity index (χ3v) is 2.80. The number of carboxylic acid groups (broad SMARTS) is 1. The van der Waals surface area contributed by atoms with Gasteiger partial charge in [0, 0.05) is 18.3 Å². The summed E-state index contributed by atoms with van der Waals surface area (Å²) in [6.07, 6.45) is -0.0713. The van der Waals surface area contributed by atoms with Gasteiger partial charge in [0.15, 0.2) is 0 Å². The molecule has 1 aromatic heterocycles. The van der Waals surface area contributed by atoms with Crippen LogP contribution in [0.2, 0.25) is 0 Å². The Hall–Kier alpha value is -1.85. The molecule has 1 atom stereocenters. The summed E-state index contributed by atoms with van der Waals surface area (Å²) in [5, 5.41) is 15.6. The highest BCUT2D eigenvalue weighted by Crippen LogP contribution is 2.18. The Morgan fingerprint density at radius 1 is 1.47 bits per heavy atom. The van der Waals surface area contributed by atoms with Crippen molar-refractivity contribution in [3.05, 3.63) is 17.0 Å². The molecule has 0 saturated carbocycles. The molecular formula is C11H17N3O3. The molecule has 1 unspecified atom stereocenters. The summed E-state index contributed by atoms with van der Waals surface area (Å²) < 4.78 is 1.56. The number of aryl methyl sites for hydroxylation is 1. The normalized spacial score (nSPS) is 12.2. The van der Waals surface area contributed by atoms with E-state index in [1.165, 1.54) is 0 Å². The third kappa shape index (κ3) is 2.64. The van der Waals surface area contributed by atoms with Crippen molar-refractivity contribution >= 4 is 11.9 Å². The number of amides is 1. The lowest BCUT2D eigenvalue weighted by Crippen LogP contribution is -2.29. The first-order valence-corrected chi connectivity index (χ1v) is 5.36. The van der Waals surface area contributed by atoms with Crippen molar-refractivity contribution in [2.24, 2.45) is 0 Å². The summed E-state index contributed by atoms with van der Waals surface area (Å²) in [5.74, 6) is -1.05. The highest BCUT2D eigenvalue weighted by atomic mass is 16.4. The second kappa shape index (κ2) is 4.99. The van der Waals surface area contributed by atoms with Gasteiger partial charge in [-0.3, -0.25) is 14.3 Å². The minimum absolute atomic E-state index is 0.0713. The van der Waals surface area contributed by atoms with Crippen LogP contribution in [0.5, 0.6) is 0 Å². The number of hydrogen-bond acceptors (Lipinski definition) is 3. The van der Waals surface area contributed by atoms with Crippen molar-refractivity contribution in [1.29, 1.82) is 0 Å². The van der Waals surface area contributed by atoms with E-state index in [1.54, 1.807) is 32.5 Å². The van der Waals surface area contributed by atoms with Gasteiger partial charge in [-0.1, -0.05) is 0 Å². The molecular weight excluding hydrogens is 222 g/mol. The first-order chi connectivity index (χ1) is 7.88. The molecule has 0 saturated heterocycles. The fourth-order valence-corrected chi connectivity index (χ4v) is 1.80. The molecule has 0 fully saturated rings. The van der Waals surface area contributed by atoms with Crippen molar-refractivity contribution < 1.29 is 14.7 Å². The largest absolute Gasteiger partial charge is 0.481 e. The van der Waals surface area contributed by atoms with Gasteiger partial charge in [-0.15, -0.1) is 0 Å². The van der Waals surface area contributed by atoms with E-state index in [1.807, 2.05) is 0 Å². The zero-order chi connectivity index (χ0) is 13.2. The van der Waals surface area contributed by atoms with Crippen molar-refractivity contribution in [2.45, 2.75) is 33.2 Å². The molecule has 0 aromatic carbocycles. The maximum atomic E-state index is 11.5. The lowest BCUT2D eigenvalue weighted by molar-refractivity contribution is -0.136. The highest BCUT2D eigenvalue weighted by Gasteiger charge is 2.21. The van der Waals surface area contributed by atoms with Crippen LogP contribution in [0.4, 0.5) is 0 Å². The smallest absolute Gasteiger partial charge is 0.307 e. The standard InChI is InChI=1S/C11H17N3O3/c1-6-9(5-10(15)16)7(2)14(13-6)8(3)11(17)12-4/h8H,5H2,1-4H3,(H,12,17)(H,15,16). The van der Waals surface area contributed by atoms with E-state index in [0.29, 0.717) is 11.3 Å². The quantitative estimate of drug-likeness (QED) is 0.798. The summed E-state index contributed by atoms with van der Waals surface area (Å²) in [4.78, 5) is 22.2. The lowest BCUT2D eigenvalue weighted by atomic mass is 10.1. The van der Waals surface area contributed by atoms with Gasteiger partial charge in [-0.25, -0.2) is 0 Å². The Labute approximate surface area is 99.6 Å². The Morgan fingerprint density at radius 2 is 2.06 bits per heavy atom. The van der Waals surface area contributed by atoms with Gasteiger partial charge < -0.3 is 10.4 Å². The Morgan fingerprint density at radius 3 is 2.53 bits per heavy atom. The third-order valence-electron chi connectivity index (χ3n) is 2.80. The topological polar surface area (TPSA) is 84.2 Å². The predicted octanol–water partition coefficient (Wildman–Crippen LogP) is 0.434.